The summed E-state index contributed by atoms with van der Waals surface area (Å²) in [7, 11) is 0. The Morgan fingerprint density at radius 2 is 1.88 bits per heavy atom. The molecule has 2 amide bonds. The van der Waals surface area contributed by atoms with E-state index in [4.69, 9.17) is 0 Å². The van der Waals surface area contributed by atoms with Crippen molar-refractivity contribution < 1.29 is 9.59 Å². The van der Waals surface area contributed by atoms with Crippen molar-refractivity contribution in [2.75, 3.05) is 38.0 Å². The lowest BCUT2D eigenvalue weighted by Crippen LogP contribution is -2.43. The molecular formula is C20H31N3O2S. The van der Waals surface area contributed by atoms with Crippen LogP contribution in [0.2, 0.25) is 0 Å². The number of amides is 2. The lowest BCUT2D eigenvalue weighted by atomic mass is 10.1. The van der Waals surface area contributed by atoms with Gasteiger partial charge in [0.2, 0.25) is 11.8 Å². The molecule has 0 bridgehead atoms. The van der Waals surface area contributed by atoms with Crippen LogP contribution in [0.25, 0.3) is 0 Å². The molecule has 1 aromatic rings. The number of rotatable bonds is 9. The summed E-state index contributed by atoms with van der Waals surface area (Å²) < 4.78 is 0. The molecule has 2 rings (SSSR count). The van der Waals surface area contributed by atoms with Crippen LogP contribution in [0.4, 0.5) is 5.69 Å². The molecular weight excluding hydrogens is 346 g/mol. The van der Waals surface area contributed by atoms with Gasteiger partial charge in [-0.25, -0.2) is 0 Å². The Morgan fingerprint density at radius 1 is 1.19 bits per heavy atom. The fraction of sp³-hybridized carbons (Fsp3) is 0.600. The molecule has 0 radical (unpaired) electrons. The summed E-state index contributed by atoms with van der Waals surface area (Å²) in [6.45, 7) is 12.8. The van der Waals surface area contributed by atoms with Crippen molar-refractivity contribution in [3.8, 4) is 0 Å². The quantitative estimate of drug-likeness (QED) is 0.717. The fourth-order valence-corrected chi connectivity index (χ4v) is 4.18. The summed E-state index contributed by atoms with van der Waals surface area (Å²) in [5, 5.41) is 2.56. The average molecular weight is 378 g/mol. The number of para-hydroxylation sites is 1. The average Bonchev–Trinajstić information content (AvgIpc) is 2.61. The summed E-state index contributed by atoms with van der Waals surface area (Å²) in [5.41, 5.74) is 0.840. The zero-order valence-corrected chi connectivity index (χ0v) is 17.1. The third-order valence-electron chi connectivity index (χ3n) is 4.59. The van der Waals surface area contributed by atoms with Gasteiger partial charge in [-0.2, -0.15) is 0 Å². The SMILES string of the molecule is CCN(CC)CCN(CC(C)C)C(=O)CC1Sc2ccccc2NC1=O. The van der Waals surface area contributed by atoms with E-state index in [-0.39, 0.29) is 23.5 Å². The normalized spacial score (nSPS) is 16.5. The molecule has 1 atom stereocenters. The highest BCUT2D eigenvalue weighted by molar-refractivity contribution is 8.01. The van der Waals surface area contributed by atoms with E-state index in [2.05, 4.69) is 37.9 Å². The van der Waals surface area contributed by atoms with Crippen LogP contribution in [0.5, 0.6) is 0 Å². The molecule has 0 saturated heterocycles. The summed E-state index contributed by atoms with van der Waals surface area (Å²) >= 11 is 1.49. The van der Waals surface area contributed by atoms with Crippen LogP contribution in [0.1, 0.15) is 34.1 Å². The Labute approximate surface area is 161 Å². The number of benzene rings is 1. The Morgan fingerprint density at radius 3 is 2.54 bits per heavy atom. The van der Waals surface area contributed by atoms with Gasteiger partial charge < -0.3 is 15.1 Å². The molecule has 1 unspecified atom stereocenters. The third-order valence-corrected chi connectivity index (χ3v) is 5.86. The zero-order valence-electron chi connectivity index (χ0n) is 16.3. The number of fused-ring (bicyclic) bond motifs is 1. The molecule has 1 heterocycles. The van der Waals surface area contributed by atoms with Crippen LogP contribution in [0.15, 0.2) is 29.2 Å². The van der Waals surface area contributed by atoms with Gasteiger partial charge in [-0.05, 0) is 31.1 Å². The lowest BCUT2D eigenvalue weighted by Gasteiger charge is -2.30. The van der Waals surface area contributed by atoms with Gasteiger partial charge >= 0.3 is 0 Å². The Balaban J connectivity index is 2.00. The van der Waals surface area contributed by atoms with E-state index in [1.807, 2.05) is 29.2 Å². The van der Waals surface area contributed by atoms with Gasteiger partial charge in [0.1, 0.15) is 0 Å². The molecule has 6 heteroatoms. The minimum atomic E-state index is -0.361. The number of carbonyl (C=O) groups is 2. The molecule has 1 aliphatic rings. The molecule has 26 heavy (non-hydrogen) atoms. The van der Waals surface area contributed by atoms with Crippen LogP contribution in [-0.2, 0) is 9.59 Å². The number of thioether (sulfide) groups is 1. The third kappa shape index (κ3) is 5.74. The molecule has 0 aromatic heterocycles. The molecule has 0 fully saturated rings. The number of hydrogen-bond acceptors (Lipinski definition) is 4. The number of nitrogens with one attached hydrogen (secondary N) is 1. The first-order chi connectivity index (χ1) is 12.4. The van der Waals surface area contributed by atoms with Crippen LogP contribution < -0.4 is 5.32 Å². The number of nitrogens with zero attached hydrogens (tertiary/aromatic N) is 2. The highest BCUT2D eigenvalue weighted by Gasteiger charge is 2.30. The van der Waals surface area contributed by atoms with Gasteiger partial charge in [0.05, 0.1) is 10.9 Å². The summed E-state index contributed by atoms with van der Waals surface area (Å²) in [6, 6.07) is 7.75. The second-order valence-corrected chi connectivity index (χ2v) is 8.30. The maximum atomic E-state index is 12.9. The fourth-order valence-electron chi connectivity index (χ4n) is 3.08. The van der Waals surface area contributed by atoms with E-state index >= 15 is 0 Å². The lowest BCUT2D eigenvalue weighted by molar-refractivity contribution is -0.133. The number of carbonyl (C=O) groups excluding carboxylic acids is 2. The Hall–Kier alpha value is -1.53. The topological polar surface area (TPSA) is 52.6 Å². The summed E-state index contributed by atoms with van der Waals surface area (Å²) in [6.07, 6.45) is 0.246. The van der Waals surface area contributed by atoms with Crippen molar-refractivity contribution in [1.29, 1.82) is 0 Å². The van der Waals surface area contributed by atoms with Crippen molar-refractivity contribution >= 4 is 29.3 Å². The molecule has 1 aromatic carbocycles. The van der Waals surface area contributed by atoms with E-state index in [9.17, 15) is 9.59 Å². The first-order valence-corrected chi connectivity index (χ1v) is 10.4. The molecule has 0 saturated carbocycles. The minimum absolute atomic E-state index is 0.0675. The zero-order chi connectivity index (χ0) is 19.1. The van der Waals surface area contributed by atoms with Crippen molar-refractivity contribution in [2.45, 2.75) is 44.3 Å². The highest BCUT2D eigenvalue weighted by Crippen LogP contribution is 2.36. The molecule has 0 spiro atoms. The van der Waals surface area contributed by atoms with Gasteiger partial charge in [-0.1, -0.05) is 39.8 Å². The predicted molar refractivity (Wildman–Crippen MR) is 109 cm³/mol. The van der Waals surface area contributed by atoms with Gasteiger partial charge in [0.25, 0.3) is 0 Å². The summed E-state index contributed by atoms with van der Waals surface area (Å²) in [5.74, 6) is 0.400. The number of hydrogen-bond donors (Lipinski definition) is 1. The van der Waals surface area contributed by atoms with Crippen LogP contribution >= 0.6 is 11.8 Å². The van der Waals surface area contributed by atoms with Crippen molar-refractivity contribution in [3.63, 3.8) is 0 Å². The van der Waals surface area contributed by atoms with E-state index in [1.165, 1.54) is 11.8 Å². The van der Waals surface area contributed by atoms with Gasteiger partial charge in [0.15, 0.2) is 0 Å². The number of anilines is 1. The predicted octanol–water partition coefficient (Wildman–Crippen LogP) is 3.32. The molecule has 1 N–H and O–H groups in total. The Kier molecular flexibility index (Phi) is 7.97. The van der Waals surface area contributed by atoms with Crippen molar-refractivity contribution in [2.24, 2.45) is 5.92 Å². The second kappa shape index (κ2) is 9.97. The molecule has 144 valence electrons. The Bertz CT molecular complexity index is 617. The summed E-state index contributed by atoms with van der Waals surface area (Å²) in [4.78, 5) is 30.6. The van der Waals surface area contributed by atoms with Crippen molar-refractivity contribution in [1.82, 2.24) is 9.80 Å². The molecule has 5 nitrogen and oxygen atoms in total. The van der Waals surface area contributed by atoms with Crippen LogP contribution in [0.3, 0.4) is 0 Å². The van der Waals surface area contributed by atoms with Gasteiger partial charge in [-0.3, -0.25) is 9.59 Å². The second-order valence-electron chi connectivity index (χ2n) is 7.06. The van der Waals surface area contributed by atoms with Gasteiger partial charge in [-0.15, -0.1) is 11.8 Å². The largest absolute Gasteiger partial charge is 0.341 e. The smallest absolute Gasteiger partial charge is 0.238 e. The first kappa shape index (κ1) is 20.8. The monoisotopic (exact) mass is 377 g/mol. The van der Waals surface area contributed by atoms with Gasteiger partial charge in [0, 0.05) is 31.0 Å². The van der Waals surface area contributed by atoms with Crippen LogP contribution in [-0.4, -0.2) is 59.6 Å². The molecule has 1 aliphatic heterocycles. The minimum Gasteiger partial charge on any atom is -0.341 e. The maximum absolute atomic E-state index is 12.9. The highest BCUT2D eigenvalue weighted by atomic mass is 32.2. The van der Waals surface area contributed by atoms with E-state index < -0.39 is 0 Å². The van der Waals surface area contributed by atoms with E-state index in [1.54, 1.807) is 0 Å². The standard InChI is InChI=1S/C20H31N3O2S/c1-5-22(6-2)11-12-23(14-15(3)4)19(24)13-18-20(25)21-16-9-7-8-10-17(16)26-18/h7-10,15,18H,5-6,11-14H2,1-4H3,(H,21,25). The van der Waals surface area contributed by atoms with E-state index in [0.717, 1.165) is 36.8 Å². The maximum Gasteiger partial charge on any atom is 0.238 e. The number of likely N-dealkylation sites (N-methyl/N-ethyl adjacent to an activating group) is 1. The molecule has 0 aliphatic carbocycles. The van der Waals surface area contributed by atoms with Crippen molar-refractivity contribution in [3.05, 3.63) is 24.3 Å². The first-order valence-electron chi connectivity index (χ1n) is 9.51. The van der Waals surface area contributed by atoms with Crippen LogP contribution in [0, 0.1) is 5.92 Å². The van der Waals surface area contributed by atoms with E-state index in [0.29, 0.717) is 12.5 Å².